The Hall–Kier alpha value is -1.23. The normalized spacial score (nSPS) is 11.7. The zero-order valence-electron chi connectivity index (χ0n) is 8.73. The summed E-state index contributed by atoms with van der Waals surface area (Å²) in [6.45, 7) is 0. The number of rotatable bonds is 3. The SMILES string of the molecule is N#CCc1c(C(F)(F)F)cnc(CBr)c1C(F)F. The summed E-state index contributed by atoms with van der Waals surface area (Å²) >= 11 is 2.88. The highest BCUT2D eigenvalue weighted by Crippen LogP contribution is 2.37. The second-order valence-corrected chi connectivity index (χ2v) is 3.84. The molecule has 0 radical (unpaired) electrons. The van der Waals surface area contributed by atoms with Crippen molar-refractivity contribution in [2.45, 2.75) is 24.4 Å². The number of pyridine rings is 1. The van der Waals surface area contributed by atoms with Crippen molar-refractivity contribution in [3.8, 4) is 6.07 Å². The van der Waals surface area contributed by atoms with Crippen LogP contribution in [0.5, 0.6) is 0 Å². The van der Waals surface area contributed by atoms with E-state index in [4.69, 9.17) is 5.26 Å². The van der Waals surface area contributed by atoms with Crippen molar-refractivity contribution in [3.63, 3.8) is 0 Å². The molecule has 0 aliphatic carbocycles. The van der Waals surface area contributed by atoms with Gasteiger partial charge in [-0.1, -0.05) is 15.9 Å². The van der Waals surface area contributed by atoms with E-state index in [1.54, 1.807) is 0 Å². The van der Waals surface area contributed by atoms with Crippen LogP contribution in [0, 0.1) is 11.3 Å². The first kappa shape index (κ1) is 14.8. The molecule has 8 heteroatoms. The Labute approximate surface area is 108 Å². The molecule has 0 bridgehead atoms. The fraction of sp³-hybridized carbons (Fsp3) is 0.400. The molecule has 1 aromatic rings. The molecule has 0 aromatic carbocycles. The van der Waals surface area contributed by atoms with Crippen LogP contribution in [0.2, 0.25) is 0 Å². The first-order valence-electron chi connectivity index (χ1n) is 4.61. The summed E-state index contributed by atoms with van der Waals surface area (Å²) < 4.78 is 63.6. The molecule has 0 atom stereocenters. The van der Waals surface area contributed by atoms with Gasteiger partial charge in [0.05, 0.1) is 23.7 Å². The van der Waals surface area contributed by atoms with Gasteiger partial charge in [0, 0.05) is 17.1 Å². The van der Waals surface area contributed by atoms with Crippen molar-refractivity contribution in [2.75, 3.05) is 0 Å². The summed E-state index contributed by atoms with van der Waals surface area (Å²) in [4.78, 5) is 3.37. The fourth-order valence-electron chi connectivity index (χ4n) is 1.49. The van der Waals surface area contributed by atoms with Gasteiger partial charge in [-0.3, -0.25) is 4.98 Å². The monoisotopic (exact) mass is 328 g/mol. The van der Waals surface area contributed by atoms with Crippen LogP contribution in [0.15, 0.2) is 6.20 Å². The molecule has 18 heavy (non-hydrogen) atoms. The maximum atomic E-state index is 12.8. The molecule has 0 fully saturated rings. The minimum atomic E-state index is -4.81. The first-order valence-corrected chi connectivity index (χ1v) is 5.74. The molecule has 0 aliphatic heterocycles. The number of aromatic nitrogens is 1. The van der Waals surface area contributed by atoms with Crippen LogP contribution in [0.3, 0.4) is 0 Å². The van der Waals surface area contributed by atoms with E-state index in [2.05, 4.69) is 20.9 Å². The molecule has 1 rings (SSSR count). The molecule has 0 aliphatic rings. The lowest BCUT2D eigenvalue weighted by molar-refractivity contribution is -0.138. The summed E-state index contributed by atoms with van der Waals surface area (Å²) in [5, 5.41) is 8.38. The molecule has 1 heterocycles. The van der Waals surface area contributed by atoms with E-state index >= 15 is 0 Å². The van der Waals surface area contributed by atoms with Crippen LogP contribution >= 0.6 is 15.9 Å². The summed E-state index contributed by atoms with van der Waals surface area (Å²) in [7, 11) is 0. The Morgan fingerprint density at radius 1 is 1.39 bits per heavy atom. The average Bonchev–Trinajstić information content (AvgIpc) is 2.26. The third-order valence-corrected chi connectivity index (χ3v) is 2.75. The maximum absolute atomic E-state index is 12.8. The zero-order chi connectivity index (χ0) is 13.9. The lowest BCUT2D eigenvalue weighted by atomic mass is 9.99. The Balaban J connectivity index is 3.58. The third kappa shape index (κ3) is 2.96. The van der Waals surface area contributed by atoms with E-state index in [-0.39, 0.29) is 11.0 Å². The van der Waals surface area contributed by atoms with Crippen LogP contribution in [0.25, 0.3) is 0 Å². The highest BCUT2D eigenvalue weighted by Gasteiger charge is 2.36. The molecule has 1 aromatic heterocycles. The summed E-state index contributed by atoms with van der Waals surface area (Å²) in [6, 6.07) is 1.47. The molecule has 0 unspecified atom stereocenters. The molecule has 0 amide bonds. The zero-order valence-corrected chi connectivity index (χ0v) is 10.3. The van der Waals surface area contributed by atoms with Crippen LogP contribution in [0.1, 0.15) is 28.8 Å². The van der Waals surface area contributed by atoms with Gasteiger partial charge in [-0.2, -0.15) is 18.4 Å². The Morgan fingerprint density at radius 2 is 2.00 bits per heavy atom. The number of hydrogen-bond donors (Lipinski definition) is 0. The van der Waals surface area contributed by atoms with Gasteiger partial charge in [0.25, 0.3) is 6.43 Å². The molecular weight excluding hydrogens is 323 g/mol. The third-order valence-electron chi connectivity index (χ3n) is 2.22. The standard InChI is InChI=1S/C10H6BrF5N2/c11-3-7-8(9(12)13)5(1-2-17)6(4-18-7)10(14,15)16/h4,9H,1,3H2. The van der Waals surface area contributed by atoms with Crippen LogP contribution < -0.4 is 0 Å². The lowest BCUT2D eigenvalue weighted by Crippen LogP contribution is -2.14. The number of nitrogens with zero attached hydrogens (tertiary/aromatic N) is 2. The van der Waals surface area contributed by atoms with E-state index in [1.165, 1.54) is 6.07 Å². The van der Waals surface area contributed by atoms with Gasteiger partial charge >= 0.3 is 6.18 Å². The Bertz CT molecular complexity index is 478. The van der Waals surface area contributed by atoms with Crippen molar-refractivity contribution in [1.29, 1.82) is 5.26 Å². The van der Waals surface area contributed by atoms with Gasteiger partial charge in [0.1, 0.15) is 0 Å². The molecule has 0 spiro atoms. The topological polar surface area (TPSA) is 36.7 Å². The van der Waals surface area contributed by atoms with E-state index in [9.17, 15) is 22.0 Å². The summed E-state index contributed by atoms with van der Waals surface area (Å²) in [6.07, 6.45) is -8.18. The summed E-state index contributed by atoms with van der Waals surface area (Å²) in [5.41, 5.74) is -3.00. The van der Waals surface area contributed by atoms with Gasteiger partial charge in [-0.05, 0) is 5.56 Å². The second-order valence-electron chi connectivity index (χ2n) is 3.28. The number of halogens is 6. The van der Waals surface area contributed by atoms with E-state index in [0.29, 0.717) is 6.20 Å². The molecular formula is C10H6BrF5N2. The van der Waals surface area contributed by atoms with Crippen molar-refractivity contribution >= 4 is 15.9 Å². The van der Waals surface area contributed by atoms with Gasteiger partial charge in [0.15, 0.2) is 0 Å². The minimum absolute atomic E-state index is 0.108. The van der Waals surface area contributed by atoms with Crippen LogP contribution in [-0.2, 0) is 17.9 Å². The minimum Gasteiger partial charge on any atom is -0.259 e. The number of nitriles is 1. The van der Waals surface area contributed by atoms with Crippen molar-refractivity contribution in [3.05, 3.63) is 28.6 Å². The van der Waals surface area contributed by atoms with Crippen molar-refractivity contribution in [1.82, 2.24) is 4.98 Å². The quantitative estimate of drug-likeness (QED) is 0.621. The van der Waals surface area contributed by atoms with Crippen molar-refractivity contribution in [2.24, 2.45) is 0 Å². The molecule has 98 valence electrons. The van der Waals surface area contributed by atoms with Gasteiger partial charge in [-0.25, -0.2) is 8.78 Å². The lowest BCUT2D eigenvalue weighted by Gasteiger charge is -2.16. The van der Waals surface area contributed by atoms with E-state index in [1.807, 2.05) is 0 Å². The van der Waals surface area contributed by atoms with Crippen LogP contribution in [0.4, 0.5) is 22.0 Å². The smallest absolute Gasteiger partial charge is 0.259 e. The number of alkyl halides is 6. The predicted molar refractivity (Wildman–Crippen MR) is 56.1 cm³/mol. The molecule has 2 nitrogen and oxygen atoms in total. The summed E-state index contributed by atoms with van der Waals surface area (Å²) in [5.74, 6) is 0. The number of hydrogen-bond acceptors (Lipinski definition) is 2. The largest absolute Gasteiger partial charge is 0.418 e. The van der Waals surface area contributed by atoms with E-state index < -0.39 is 35.7 Å². The molecule has 0 saturated heterocycles. The van der Waals surface area contributed by atoms with Crippen molar-refractivity contribution < 1.29 is 22.0 Å². The average molecular weight is 329 g/mol. The van der Waals surface area contributed by atoms with Gasteiger partial charge < -0.3 is 0 Å². The molecule has 0 saturated carbocycles. The fourth-order valence-corrected chi connectivity index (χ4v) is 1.93. The van der Waals surface area contributed by atoms with Gasteiger partial charge in [0.2, 0.25) is 0 Å². The Kier molecular flexibility index (Phi) is 4.62. The highest BCUT2D eigenvalue weighted by molar-refractivity contribution is 9.08. The predicted octanol–water partition coefficient (Wildman–Crippen LogP) is 4.00. The Morgan fingerprint density at radius 3 is 2.39 bits per heavy atom. The molecule has 0 N–H and O–H groups in total. The maximum Gasteiger partial charge on any atom is 0.418 e. The van der Waals surface area contributed by atoms with Crippen LogP contribution in [-0.4, -0.2) is 4.98 Å². The van der Waals surface area contributed by atoms with E-state index in [0.717, 1.165) is 0 Å². The highest BCUT2D eigenvalue weighted by atomic mass is 79.9. The van der Waals surface area contributed by atoms with Gasteiger partial charge in [-0.15, -0.1) is 0 Å². The second kappa shape index (κ2) is 5.61. The first-order chi connectivity index (χ1) is 8.32.